The van der Waals surface area contributed by atoms with Crippen LogP contribution in [0.1, 0.15) is 22.8 Å². The molecule has 2 rings (SSSR count). The smallest absolute Gasteiger partial charge is 0.416 e. The van der Waals surface area contributed by atoms with Crippen molar-refractivity contribution in [3.63, 3.8) is 0 Å². The van der Waals surface area contributed by atoms with E-state index in [1.807, 2.05) is 0 Å². The van der Waals surface area contributed by atoms with Crippen LogP contribution in [0.3, 0.4) is 0 Å². The van der Waals surface area contributed by atoms with E-state index in [0.29, 0.717) is 6.07 Å². The zero-order valence-electron chi connectivity index (χ0n) is 14.3. The Morgan fingerprint density at radius 3 is 2.41 bits per heavy atom. The van der Waals surface area contributed by atoms with Crippen LogP contribution in [-0.2, 0) is 20.8 Å². The molecule has 0 fully saturated rings. The van der Waals surface area contributed by atoms with Crippen LogP contribution in [0.5, 0.6) is 11.5 Å². The topological polar surface area (TPSA) is 117 Å². The number of ether oxygens (including phenoxy) is 1. The van der Waals surface area contributed by atoms with Crippen molar-refractivity contribution in [3.8, 4) is 11.5 Å². The highest BCUT2D eigenvalue weighted by Crippen LogP contribution is 2.37. The highest BCUT2D eigenvalue weighted by molar-refractivity contribution is 6.32. The molecule has 0 unspecified atom stereocenters. The van der Waals surface area contributed by atoms with Gasteiger partial charge in [-0.05, 0) is 24.3 Å². The lowest BCUT2D eigenvalue weighted by molar-refractivity contribution is -0.385. The number of nitro benzene ring substituents is 1. The fourth-order valence-corrected chi connectivity index (χ4v) is 2.17. The Balaban J connectivity index is 2.29. The van der Waals surface area contributed by atoms with Gasteiger partial charge < -0.3 is 4.74 Å². The minimum absolute atomic E-state index is 0.163. The number of amides is 1. The summed E-state index contributed by atoms with van der Waals surface area (Å²) in [4.78, 5) is 41.2. The Morgan fingerprint density at radius 2 is 1.86 bits per heavy atom. The third-order valence-electron chi connectivity index (χ3n) is 3.17. The summed E-state index contributed by atoms with van der Waals surface area (Å²) >= 11 is 5.78. The Hall–Kier alpha value is -3.38. The molecule has 0 aliphatic rings. The van der Waals surface area contributed by atoms with Crippen LogP contribution >= 0.6 is 11.6 Å². The van der Waals surface area contributed by atoms with Gasteiger partial charge in [0.2, 0.25) is 5.91 Å². The molecule has 0 saturated heterocycles. The van der Waals surface area contributed by atoms with Gasteiger partial charge >= 0.3 is 12.1 Å². The predicted molar refractivity (Wildman–Crippen MR) is 89.9 cm³/mol. The van der Waals surface area contributed by atoms with E-state index in [-0.39, 0.29) is 16.5 Å². The van der Waals surface area contributed by atoms with Crippen LogP contribution in [0, 0.1) is 10.1 Å². The SMILES string of the molecule is CC(=O)NOOC(=O)c1cc(Oc2ccc(C(F)(F)F)cc2Cl)ccc1[N+](=O)[O-]. The van der Waals surface area contributed by atoms with Crippen LogP contribution in [-0.4, -0.2) is 16.8 Å². The lowest BCUT2D eigenvalue weighted by atomic mass is 10.1. The average Bonchev–Trinajstić information content (AvgIpc) is 2.61. The van der Waals surface area contributed by atoms with Crippen molar-refractivity contribution in [1.82, 2.24) is 5.48 Å². The number of halogens is 4. The van der Waals surface area contributed by atoms with Crippen molar-refractivity contribution in [1.29, 1.82) is 0 Å². The first-order valence-electron chi connectivity index (χ1n) is 7.46. The van der Waals surface area contributed by atoms with E-state index < -0.39 is 39.8 Å². The number of hydrogen-bond donors (Lipinski definition) is 1. The van der Waals surface area contributed by atoms with Gasteiger partial charge in [0.25, 0.3) is 5.69 Å². The quantitative estimate of drug-likeness (QED) is 0.411. The molecule has 9 nitrogen and oxygen atoms in total. The summed E-state index contributed by atoms with van der Waals surface area (Å²) in [5.41, 5.74) is -0.604. The number of carbonyl (C=O) groups is 2. The van der Waals surface area contributed by atoms with Crippen molar-refractivity contribution in [3.05, 3.63) is 62.7 Å². The van der Waals surface area contributed by atoms with Gasteiger partial charge in [0, 0.05) is 19.1 Å². The maximum Gasteiger partial charge on any atom is 0.416 e. The summed E-state index contributed by atoms with van der Waals surface area (Å²) < 4.78 is 43.4. The minimum atomic E-state index is -4.61. The molecule has 0 aliphatic carbocycles. The van der Waals surface area contributed by atoms with E-state index in [2.05, 4.69) is 9.88 Å². The summed E-state index contributed by atoms with van der Waals surface area (Å²) in [6.07, 6.45) is -4.61. The molecule has 154 valence electrons. The summed E-state index contributed by atoms with van der Waals surface area (Å²) in [7, 11) is 0. The standard InChI is InChI=1S/C16H10ClF3N2O7/c1-8(23)21-29-28-15(24)11-7-10(3-4-13(11)22(25)26)27-14-5-2-9(6-12(14)17)16(18,19)20/h2-7H,1H3,(H,21,23). The first-order chi connectivity index (χ1) is 13.5. The van der Waals surface area contributed by atoms with E-state index in [1.54, 1.807) is 5.48 Å². The van der Waals surface area contributed by atoms with Gasteiger partial charge in [-0.3, -0.25) is 19.8 Å². The van der Waals surface area contributed by atoms with E-state index in [9.17, 15) is 32.9 Å². The van der Waals surface area contributed by atoms with Gasteiger partial charge in [0.05, 0.1) is 15.5 Å². The lowest BCUT2D eigenvalue weighted by Gasteiger charge is -2.12. The molecule has 1 amide bonds. The van der Waals surface area contributed by atoms with E-state index in [4.69, 9.17) is 16.3 Å². The number of benzene rings is 2. The molecule has 0 atom stereocenters. The van der Waals surface area contributed by atoms with E-state index in [0.717, 1.165) is 37.3 Å². The largest absolute Gasteiger partial charge is 0.456 e. The van der Waals surface area contributed by atoms with Crippen molar-refractivity contribution < 1.29 is 42.3 Å². The molecule has 13 heteroatoms. The summed E-state index contributed by atoms with van der Waals surface area (Å²) in [5, 5.41) is 10.7. The highest BCUT2D eigenvalue weighted by atomic mass is 35.5. The van der Waals surface area contributed by atoms with Gasteiger partial charge in [-0.25, -0.2) is 4.79 Å². The molecular formula is C16H10ClF3N2O7. The van der Waals surface area contributed by atoms with Gasteiger partial charge in [-0.2, -0.15) is 18.7 Å². The van der Waals surface area contributed by atoms with Crippen molar-refractivity contribution in [2.75, 3.05) is 0 Å². The van der Waals surface area contributed by atoms with Crippen LogP contribution in [0.15, 0.2) is 36.4 Å². The minimum Gasteiger partial charge on any atom is -0.456 e. The maximum absolute atomic E-state index is 12.7. The van der Waals surface area contributed by atoms with Crippen LogP contribution in [0.25, 0.3) is 0 Å². The van der Waals surface area contributed by atoms with Gasteiger partial charge in [0.15, 0.2) is 0 Å². The van der Waals surface area contributed by atoms with Crippen LogP contribution in [0.4, 0.5) is 18.9 Å². The highest BCUT2D eigenvalue weighted by Gasteiger charge is 2.31. The molecule has 0 aromatic heterocycles. The number of rotatable bonds is 6. The monoisotopic (exact) mass is 434 g/mol. The predicted octanol–water partition coefficient (Wildman–Crippen LogP) is 4.20. The van der Waals surface area contributed by atoms with E-state index in [1.165, 1.54) is 0 Å². The van der Waals surface area contributed by atoms with Gasteiger partial charge in [0.1, 0.15) is 17.1 Å². The summed E-state index contributed by atoms with van der Waals surface area (Å²) in [5.74, 6) is -2.40. The zero-order valence-corrected chi connectivity index (χ0v) is 15.0. The molecule has 0 heterocycles. The Morgan fingerprint density at radius 1 is 1.17 bits per heavy atom. The van der Waals surface area contributed by atoms with Gasteiger partial charge in [-0.15, -0.1) is 0 Å². The number of nitrogens with zero attached hydrogens (tertiary/aromatic N) is 1. The lowest BCUT2D eigenvalue weighted by Crippen LogP contribution is -2.22. The molecule has 0 radical (unpaired) electrons. The summed E-state index contributed by atoms with van der Waals surface area (Å²) in [6.45, 7) is 1.05. The fraction of sp³-hybridized carbons (Fsp3) is 0.125. The normalized spacial score (nSPS) is 10.9. The Labute approximate surface area is 164 Å². The Kier molecular flexibility index (Phi) is 6.61. The molecule has 0 bridgehead atoms. The van der Waals surface area contributed by atoms with Gasteiger partial charge in [-0.1, -0.05) is 16.6 Å². The zero-order chi connectivity index (χ0) is 21.8. The number of hydrogen-bond acceptors (Lipinski definition) is 7. The number of nitro groups is 1. The number of nitrogens with one attached hydrogen (secondary N) is 1. The number of carbonyl (C=O) groups excluding carboxylic acids is 2. The van der Waals surface area contributed by atoms with Crippen LogP contribution < -0.4 is 10.2 Å². The molecule has 29 heavy (non-hydrogen) atoms. The maximum atomic E-state index is 12.7. The molecule has 1 N–H and O–H groups in total. The van der Waals surface area contributed by atoms with E-state index >= 15 is 0 Å². The molecular weight excluding hydrogens is 425 g/mol. The van der Waals surface area contributed by atoms with Crippen molar-refractivity contribution in [2.24, 2.45) is 0 Å². The number of alkyl halides is 3. The second kappa shape index (κ2) is 8.75. The molecule has 2 aromatic carbocycles. The molecule has 0 saturated carbocycles. The molecule has 0 spiro atoms. The first kappa shape index (κ1) is 21.9. The first-order valence-corrected chi connectivity index (χ1v) is 7.84. The van der Waals surface area contributed by atoms with Crippen molar-refractivity contribution >= 4 is 29.2 Å². The van der Waals surface area contributed by atoms with Crippen LogP contribution in [0.2, 0.25) is 5.02 Å². The summed E-state index contributed by atoms with van der Waals surface area (Å²) in [6, 6.07) is 5.21. The Bertz CT molecular complexity index is 966. The molecule has 0 aliphatic heterocycles. The fourth-order valence-electron chi connectivity index (χ4n) is 1.95. The average molecular weight is 435 g/mol. The second-order valence-electron chi connectivity index (χ2n) is 5.29. The molecule has 2 aromatic rings. The third kappa shape index (κ3) is 5.80. The number of hydroxylamine groups is 1. The van der Waals surface area contributed by atoms with Crippen molar-refractivity contribution in [2.45, 2.75) is 13.1 Å². The second-order valence-corrected chi connectivity index (χ2v) is 5.70. The third-order valence-corrected chi connectivity index (χ3v) is 3.47.